The predicted octanol–water partition coefficient (Wildman–Crippen LogP) is 4.09. The van der Waals surface area contributed by atoms with Crippen molar-refractivity contribution in [1.82, 2.24) is 4.98 Å². The molecule has 1 fully saturated rings. The Bertz CT molecular complexity index is 637. The zero-order chi connectivity index (χ0) is 14.8. The second-order valence-electron chi connectivity index (χ2n) is 5.69. The van der Waals surface area contributed by atoms with Crippen molar-refractivity contribution >= 4 is 11.6 Å². The molecular formula is C17H20N2O2. The topological polar surface area (TPSA) is 55.1 Å². The summed E-state index contributed by atoms with van der Waals surface area (Å²) < 4.78 is 5.45. The van der Waals surface area contributed by atoms with E-state index >= 15 is 0 Å². The van der Waals surface area contributed by atoms with Gasteiger partial charge in [0, 0.05) is 24.1 Å². The molecule has 21 heavy (non-hydrogen) atoms. The lowest BCUT2D eigenvalue weighted by Crippen LogP contribution is -2.20. The number of amides is 1. The number of nitrogens with one attached hydrogen (secondary N) is 1. The summed E-state index contributed by atoms with van der Waals surface area (Å²) in [5.41, 5.74) is 2.71. The molecule has 1 N–H and O–H groups in total. The minimum absolute atomic E-state index is 0.147. The van der Waals surface area contributed by atoms with Gasteiger partial charge in [0.25, 0.3) is 0 Å². The SMILES string of the molecule is Cc1nc(-c2ccc(NC(=O)C3CCCC3)cc2)c(C)o1. The van der Waals surface area contributed by atoms with Gasteiger partial charge in [0.15, 0.2) is 5.89 Å². The third-order valence-corrected chi connectivity index (χ3v) is 4.06. The highest BCUT2D eigenvalue weighted by molar-refractivity contribution is 5.92. The molecule has 0 atom stereocenters. The third kappa shape index (κ3) is 2.99. The summed E-state index contributed by atoms with van der Waals surface area (Å²) in [7, 11) is 0. The molecular weight excluding hydrogens is 264 g/mol. The van der Waals surface area contributed by atoms with E-state index in [-0.39, 0.29) is 11.8 Å². The number of carbonyl (C=O) groups excluding carboxylic acids is 1. The molecule has 1 heterocycles. The number of hydrogen-bond acceptors (Lipinski definition) is 3. The maximum atomic E-state index is 12.1. The highest BCUT2D eigenvalue weighted by atomic mass is 16.4. The first kappa shape index (κ1) is 13.9. The summed E-state index contributed by atoms with van der Waals surface area (Å²) in [5, 5.41) is 3.00. The first-order valence-electron chi connectivity index (χ1n) is 7.49. The van der Waals surface area contributed by atoms with Crippen LogP contribution in [0.2, 0.25) is 0 Å². The zero-order valence-corrected chi connectivity index (χ0v) is 12.5. The average molecular weight is 284 g/mol. The number of aromatic nitrogens is 1. The smallest absolute Gasteiger partial charge is 0.227 e. The molecule has 1 aromatic carbocycles. The van der Waals surface area contributed by atoms with Crippen LogP contribution in [0.25, 0.3) is 11.3 Å². The van der Waals surface area contributed by atoms with Crippen LogP contribution >= 0.6 is 0 Å². The molecule has 0 radical (unpaired) electrons. The molecule has 1 aliphatic carbocycles. The van der Waals surface area contributed by atoms with Crippen LogP contribution < -0.4 is 5.32 Å². The fraction of sp³-hybridized carbons (Fsp3) is 0.412. The second kappa shape index (κ2) is 5.72. The van der Waals surface area contributed by atoms with Crippen molar-refractivity contribution < 1.29 is 9.21 Å². The monoisotopic (exact) mass is 284 g/mol. The number of carbonyl (C=O) groups is 1. The normalized spacial score (nSPS) is 15.3. The quantitative estimate of drug-likeness (QED) is 0.923. The van der Waals surface area contributed by atoms with Crippen LogP contribution in [0.5, 0.6) is 0 Å². The standard InChI is InChI=1S/C17H20N2O2/c1-11-16(18-12(2)21-11)13-7-9-15(10-8-13)19-17(20)14-5-3-4-6-14/h7-10,14H,3-6H2,1-2H3,(H,19,20). The summed E-state index contributed by atoms with van der Waals surface area (Å²) in [5.74, 6) is 1.81. The Balaban J connectivity index is 1.72. The molecule has 4 nitrogen and oxygen atoms in total. The van der Waals surface area contributed by atoms with Gasteiger partial charge >= 0.3 is 0 Å². The van der Waals surface area contributed by atoms with Gasteiger partial charge in [-0.25, -0.2) is 4.98 Å². The van der Waals surface area contributed by atoms with Gasteiger partial charge in [0.05, 0.1) is 0 Å². The Morgan fingerprint density at radius 3 is 2.43 bits per heavy atom. The van der Waals surface area contributed by atoms with Gasteiger partial charge in [0.2, 0.25) is 5.91 Å². The number of aryl methyl sites for hydroxylation is 2. The molecule has 0 spiro atoms. The molecule has 1 aromatic heterocycles. The molecule has 3 rings (SSSR count). The Morgan fingerprint density at radius 2 is 1.86 bits per heavy atom. The molecule has 1 amide bonds. The minimum Gasteiger partial charge on any atom is -0.446 e. The first-order chi connectivity index (χ1) is 10.1. The van der Waals surface area contributed by atoms with Gasteiger partial charge < -0.3 is 9.73 Å². The van der Waals surface area contributed by atoms with E-state index in [1.165, 1.54) is 12.8 Å². The lowest BCUT2D eigenvalue weighted by Gasteiger charge is -2.10. The van der Waals surface area contributed by atoms with E-state index in [1.807, 2.05) is 38.1 Å². The summed E-state index contributed by atoms with van der Waals surface area (Å²) in [6.07, 6.45) is 4.37. The van der Waals surface area contributed by atoms with Crippen LogP contribution in [-0.4, -0.2) is 10.9 Å². The van der Waals surface area contributed by atoms with E-state index in [9.17, 15) is 4.79 Å². The van der Waals surface area contributed by atoms with Crippen molar-refractivity contribution in [3.8, 4) is 11.3 Å². The largest absolute Gasteiger partial charge is 0.446 e. The lowest BCUT2D eigenvalue weighted by atomic mass is 10.1. The third-order valence-electron chi connectivity index (χ3n) is 4.06. The summed E-state index contributed by atoms with van der Waals surface area (Å²) >= 11 is 0. The van der Waals surface area contributed by atoms with Crippen LogP contribution in [-0.2, 0) is 4.79 Å². The Labute approximate surface area is 124 Å². The highest BCUT2D eigenvalue weighted by Crippen LogP contribution is 2.27. The Kier molecular flexibility index (Phi) is 3.78. The van der Waals surface area contributed by atoms with E-state index < -0.39 is 0 Å². The number of oxazole rings is 1. The van der Waals surface area contributed by atoms with Gasteiger partial charge in [-0.1, -0.05) is 25.0 Å². The van der Waals surface area contributed by atoms with E-state index in [2.05, 4.69) is 10.3 Å². The van der Waals surface area contributed by atoms with Gasteiger partial charge in [-0.05, 0) is 31.9 Å². The lowest BCUT2D eigenvalue weighted by molar-refractivity contribution is -0.119. The number of hydrogen-bond donors (Lipinski definition) is 1. The van der Waals surface area contributed by atoms with Crippen molar-refractivity contribution in [2.45, 2.75) is 39.5 Å². The van der Waals surface area contributed by atoms with E-state index in [4.69, 9.17) is 4.42 Å². The van der Waals surface area contributed by atoms with Gasteiger partial charge in [-0.2, -0.15) is 0 Å². The zero-order valence-electron chi connectivity index (χ0n) is 12.5. The van der Waals surface area contributed by atoms with E-state index in [0.29, 0.717) is 5.89 Å². The van der Waals surface area contributed by atoms with Crippen molar-refractivity contribution in [3.63, 3.8) is 0 Å². The second-order valence-corrected chi connectivity index (χ2v) is 5.69. The van der Waals surface area contributed by atoms with Crippen molar-refractivity contribution in [2.75, 3.05) is 5.32 Å². The number of anilines is 1. The Morgan fingerprint density at radius 1 is 1.19 bits per heavy atom. The van der Waals surface area contributed by atoms with Crippen molar-refractivity contribution in [1.29, 1.82) is 0 Å². The number of nitrogens with zero attached hydrogens (tertiary/aromatic N) is 1. The van der Waals surface area contributed by atoms with Crippen LogP contribution in [0, 0.1) is 19.8 Å². The highest BCUT2D eigenvalue weighted by Gasteiger charge is 2.22. The molecule has 110 valence electrons. The van der Waals surface area contributed by atoms with Gasteiger partial charge in [-0.15, -0.1) is 0 Å². The molecule has 2 aromatic rings. The van der Waals surface area contributed by atoms with Crippen LogP contribution in [0.1, 0.15) is 37.3 Å². The molecule has 0 unspecified atom stereocenters. The van der Waals surface area contributed by atoms with Gasteiger partial charge in [0.1, 0.15) is 11.5 Å². The minimum atomic E-state index is 0.147. The molecule has 1 saturated carbocycles. The summed E-state index contributed by atoms with van der Waals surface area (Å²) in [4.78, 5) is 16.5. The molecule has 1 aliphatic rings. The molecule has 0 bridgehead atoms. The molecule has 4 heteroatoms. The average Bonchev–Trinajstić information content (AvgIpc) is 3.09. The van der Waals surface area contributed by atoms with E-state index in [1.54, 1.807) is 0 Å². The maximum Gasteiger partial charge on any atom is 0.227 e. The fourth-order valence-corrected chi connectivity index (χ4v) is 2.94. The van der Waals surface area contributed by atoms with Crippen LogP contribution in [0.4, 0.5) is 5.69 Å². The number of benzene rings is 1. The van der Waals surface area contributed by atoms with E-state index in [0.717, 1.165) is 35.5 Å². The molecule has 0 saturated heterocycles. The number of rotatable bonds is 3. The molecule has 0 aliphatic heterocycles. The van der Waals surface area contributed by atoms with Crippen molar-refractivity contribution in [2.24, 2.45) is 5.92 Å². The van der Waals surface area contributed by atoms with Crippen molar-refractivity contribution in [3.05, 3.63) is 35.9 Å². The van der Waals surface area contributed by atoms with Crippen LogP contribution in [0.3, 0.4) is 0 Å². The summed E-state index contributed by atoms with van der Waals surface area (Å²) in [6, 6.07) is 7.78. The predicted molar refractivity (Wildman–Crippen MR) is 82.0 cm³/mol. The Hall–Kier alpha value is -2.10. The maximum absolute atomic E-state index is 12.1. The van der Waals surface area contributed by atoms with Crippen LogP contribution in [0.15, 0.2) is 28.7 Å². The summed E-state index contributed by atoms with van der Waals surface area (Å²) in [6.45, 7) is 3.75. The van der Waals surface area contributed by atoms with Gasteiger partial charge in [-0.3, -0.25) is 4.79 Å². The first-order valence-corrected chi connectivity index (χ1v) is 7.49. The fourth-order valence-electron chi connectivity index (χ4n) is 2.94.